The number of carbonyl (C=O) groups is 1. The van der Waals surface area contributed by atoms with Crippen LogP contribution in [-0.4, -0.2) is 53.0 Å². The lowest BCUT2D eigenvalue weighted by Gasteiger charge is -2.26. The summed E-state index contributed by atoms with van der Waals surface area (Å²) >= 11 is 5.85. The molecule has 1 aliphatic rings. The Balaban J connectivity index is 1.87. The molecule has 1 aromatic heterocycles. The van der Waals surface area contributed by atoms with E-state index in [2.05, 4.69) is 10.3 Å². The first kappa shape index (κ1) is 24.1. The molecule has 0 spiro atoms. The van der Waals surface area contributed by atoms with Gasteiger partial charge in [0, 0.05) is 31.0 Å². The van der Waals surface area contributed by atoms with Crippen molar-refractivity contribution in [2.75, 3.05) is 25.0 Å². The predicted octanol–water partition coefficient (Wildman–Crippen LogP) is 4.43. The van der Waals surface area contributed by atoms with Gasteiger partial charge in [0.2, 0.25) is 0 Å². The Morgan fingerprint density at radius 3 is 2.53 bits per heavy atom. The normalized spacial score (nSPS) is 16.1. The maximum absolute atomic E-state index is 14.1. The highest BCUT2D eigenvalue weighted by Crippen LogP contribution is 2.47. The van der Waals surface area contributed by atoms with E-state index in [1.165, 1.54) is 18.3 Å². The number of ether oxygens (including phenoxy) is 1. The quantitative estimate of drug-likeness (QED) is 0.454. The highest BCUT2D eigenvalue weighted by molar-refractivity contribution is 6.33. The van der Waals surface area contributed by atoms with E-state index >= 15 is 0 Å². The number of carbonyl (C=O) groups excluding carboxylic acids is 1. The molecule has 2 heterocycles. The first-order valence-electron chi connectivity index (χ1n) is 9.56. The van der Waals surface area contributed by atoms with Crippen LogP contribution in [0.3, 0.4) is 0 Å². The molecule has 2 N–H and O–H groups in total. The largest absolute Gasteiger partial charge is 0.489 e. The Bertz CT molecular complexity index is 968. The van der Waals surface area contributed by atoms with E-state index in [0.29, 0.717) is 19.2 Å². The highest BCUT2D eigenvalue weighted by Gasteiger charge is 2.60. The number of anilines is 1. The lowest BCUT2D eigenvalue weighted by molar-refractivity contribution is -0.289. The number of likely N-dealkylation sites (tertiary alicyclic amines) is 1. The molecule has 0 bridgehead atoms. The summed E-state index contributed by atoms with van der Waals surface area (Å²) in [7, 11) is 0. The van der Waals surface area contributed by atoms with Crippen molar-refractivity contribution in [3.05, 3.63) is 52.8 Å². The van der Waals surface area contributed by atoms with Gasteiger partial charge in [-0.3, -0.25) is 9.69 Å². The molecule has 1 saturated heterocycles. The van der Waals surface area contributed by atoms with Crippen LogP contribution in [0.1, 0.15) is 28.8 Å². The van der Waals surface area contributed by atoms with Crippen molar-refractivity contribution in [3.8, 4) is 5.75 Å². The number of halogens is 6. The van der Waals surface area contributed by atoms with Crippen molar-refractivity contribution in [2.24, 2.45) is 0 Å². The zero-order chi connectivity index (χ0) is 23.5. The van der Waals surface area contributed by atoms with Crippen LogP contribution in [0.5, 0.6) is 5.75 Å². The highest BCUT2D eigenvalue weighted by atomic mass is 35.5. The van der Waals surface area contributed by atoms with Gasteiger partial charge in [-0.2, -0.15) is 22.0 Å². The molecule has 1 amide bonds. The van der Waals surface area contributed by atoms with Gasteiger partial charge >= 0.3 is 12.1 Å². The first-order chi connectivity index (χ1) is 15.0. The number of hydrogen-bond acceptors (Lipinski definition) is 5. The van der Waals surface area contributed by atoms with Crippen LogP contribution < -0.4 is 10.1 Å². The van der Waals surface area contributed by atoms with Crippen molar-refractivity contribution in [3.63, 3.8) is 0 Å². The molecule has 1 unspecified atom stereocenters. The summed E-state index contributed by atoms with van der Waals surface area (Å²) in [5.41, 5.74) is -1.57. The summed E-state index contributed by atoms with van der Waals surface area (Å²) in [6.45, 7) is 0.572. The Morgan fingerprint density at radius 1 is 1.22 bits per heavy atom. The average Bonchev–Trinajstić information content (AvgIpc) is 3.26. The fourth-order valence-electron chi connectivity index (χ4n) is 3.19. The molecule has 1 aliphatic heterocycles. The molecule has 0 radical (unpaired) electrons. The minimum absolute atomic E-state index is 0.0224. The van der Waals surface area contributed by atoms with E-state index in [-0.39, 0.29) is 16.4 Å². The fraction of sp³-hybridized carbons (Fsp3) is 0.400. The summed E-state index contributed by atoms with van der Waals surface area (Å²) in [5, 5.41) is 12.4. The molecule has 2 aromatic rings. The third-order valence-corrected chi connectivity index (χ3v) is 5.19. The molecule has 1 aromatic carbocycles. The van der Waals surface area contributed by atoms with Gasteiger partial charge in [0.1, 0.15) is 23.7 Å². The van der Waals surface area contributed by atoms with Gasteiger partial charge in [0.15, 0.2) is 0 Å². The van der Waals surface area contributed by atoms with Crippen LogP contribution in [0.4, 0.5) is 27.6 Å². The van der Waals surface area contributed by atoms with E-state index in [1.54, 1.807) is 4.90 Å². The van der Waals surface area contributed by atoms with Crippen LogP contribution in [0.2, 0.25) is 5.15 Å². The van der Waals surface area contributed by atoms with Gasteiger partial charge in [-0.05, 0) is 37.1 Å². The van der Waals surface area contributed by atoms with Crippen molar-refractivity contribution >= 4 is 23.2 Å². The van der Waals surface area contributed by atoms with E-state index in [1.807, 2.05) is 0 Å². The Kier molecular flexibility index (Phi) is 7.21. The second kappa shape index (κ2) is 9.55. The van der Waals surface area contributed by atoms with E-state index in [4.69, 9.17) is 16.3 Å². The number of aliphatic hydroxyl groups is 1. The number of rotatable bonds is 7. The van der Waals surface area contributed by atoms with Crippen molar-refractivity contribution in [1.29, 1.82) is 0 Å². The Morgan fingerprint density at radius 2 is 1.91 bits per heavy atom. The Hall–Kier alpha value is -2.50. The lowest BCUT2D eigenvalue weighted by atomic mass is 10.1. The zero-order valence-electron chi connectivity index (χ0n) is 16.5. The lowest BCUT2D eigenvalue weighted by Crippen LogP contribution is -2.38. The van der Waals surface area contributed by atoms with Crippen LogP contribution in [-0.2, 0) is 5.92 Å². The molecule has 0 aliphatic carbocycles. The van der Waals surface area contributed by atoms with E-state index < -0.39 is 42.2 Å². The molecule has 0 saturated carbocycles. The van der Waals surface area contributed by atoms with E-state index in [0.717, 1.165) is 25.0 Å². The van der Waals surface area contributed by atoms with E-state index in [9.17, 15) is 31.9 Å². The number of nitrogens with one attached hydrogen (secondary N) is 1. The number of hydrogen-bond donors (Lipinski definition) is 2. The number of benzene rings is 1. The summed E-state index contributed by atoms with van der Waals surface area (Å²) in [5.74, 6) is -6.78. The second-order valence-electron chi connectivity index (χ2n) is 7.11. The molecule has 174 valence electrons. The van der Waals surface area contributed by atoms with Crippen LogP contribution >= 0.6 is 11.6 Å². The fourth-order valence-corrected chi connectivity index (χ4v) is 3.40. The van der Waals surface area contributed by atoms with Crippen LogP contribution in [0.25, 0.3) is 0 Å². The number of pyridine rings is 1. The third-order valence-electron chi connectivity index (χ3n) is 4.89. The summed E-state index contributed by atoms with van der Waals surface area (Å²) in [6.07, 6.45) is -4.05. The summed E-state index contributed by atoms with van der Waals surface area (Å²) in [4.78, 5) is 17.7. The van der Waals surface area contributed by atoms with Crippen molar-refractivity contribution in [1.82, 2.24) is 9.88 Å². The Labute approximate surface area is 184 Å². The number of aliphatic hydroxyl groups excluding tert-OH is 1. The number of amides is 1. The maximum atomic E-state index is 14.1. The van der Waals surface area contributed by atoms with Crippen LogP contribution in [0.15, 0.2) is 36.5 Å². The minimum atomic E-state index is -5.87. The maximum Gasteiger partial charge on any atom is 0.458 e. The second-order valence-corrected chi connectivity index (χ2v) is 7.47. The minimum Gasteiger partial charge on any atom is -0.489 e. The average molecular weight is 480 g/mol. The SMILES string of the molecule is O=C(Nc1ccc(C(F)(F)C(F)(F)F)c(OCC(O)N2CCCC2)c1)c1cccnc1Cl. The van der Waals surface area contributed by atoms with Crippen molar-refractivity contribution in [2.45, 2.75) is 31.2 Å². The first-order valence-corrected chi connectivity index (χ1v) is 9.94. The molecular formula is C20H19ClF5N3O3. The number of nitrogens with zero attached hydrogens (tertiary/aromatic N) is 2. The molecule has 3 rings (SSSR count). The smallest absolute Gasteiger partial charge is 0.458 e. The molecule has 32 heavy (non-hydrogen) atoms. The standard InChI is InChI=1S/C20H19ClF5N3O3/c21-17-13(4-3-7-27-17)18(31)28-12-5-6-14(19(22,23)20(24,25)26)15(10-12)32-11-16(30)29-8-1-2-9-29/h3-7,10,16,30H,1-2,8-9,11H2,(H,28,31). The van der Waals surface area contributed by atoms with Gasteiger partial charge in [-0.25, -0.2) is 4.98 Å². The molecule has 6 nitrogen and oxygen atoms in total. The monoisotopic (exact) mass is 479 g/mol. The van der Waals surface area contributed by atoms with Gasteiger partial charge in [0.25, 0.3) is 5.91 Å². The summed E-state index contributed by atoms with van der Waals surface area (Å²) in [6, 6.07) is 5.06. The number of aromatic nitrogens is 1. The van der Waals surface area contributed by atoms with Gasteiger partial charge in [0.05, 0.1) is 11.1 Å². The number of alkyl halides is 5. The molecular weight excluding hydrogens is 461 g/mol. The topological polar surface area (TPSA) is 74.7 Å². The molecule has 12 heteroatoms. The van der Waals surface area contributed by atoms with Crippen LogP contribution in [0, 0.1) is 0 Å². The predicted molar refractivity (Wildman–Crippen MR) is 106 cm³/mol. The van der Waals surface area contributed by atoms with Crippen molar-refractivity contribution < 1.29 is 36.6 Å². The van der Waals surface area contributed by atoms with Gasteiger partial charge in [-0.15, -0.1) is 0 Å². The third kappa shape index (κ3) is 5.28. The van der Waals surface area contributed by atoms with Gasteiger partial charge in [-0.1, -0.05) is 11.6 Å². The molecule has 1 atom stereocenters. The summed E-state index contributed by atoms with van der Waals surface area (Å²) < 4.78 is 72.2. The van der Waals surface area contributed by atoms with Gasteiger partial charge < -0.3 is 15.2 Å². The zero-order valence-corrected chi connectivity index (χ0v) is 17.3. The molecule has 1 fully saturated rings.